The molecule has 1 amide bonds. The minimum atomic E-state index is -5.19. The molecule has 0 spiro atoms. The van der Waals surface area contributed by atoms with Crippen molar-refractivity contribution in [3.05, 3.63) is 0 Å². The topological polar surface area (TPSA) is 41.1 Å². The number of alkyl halides is 6. The Bertz CT molecular complexity index is 313. The summed E-state index contributed by atoms with van der Waals surface area (Å²) < 4.78 is 74.0. The first-order valence-electron chi connectivity index (χ1n) is 5.21. The van der Waals surface area contributed by atoms with E-state index in [0.717, 1.165) is 0 Å². The quantitative estimate of drug-likeness (QED) is 0.715. The van der Waals surface area contributed by atoms with E-state index >= 15 is 0 Å². The summed E-state index contributed by atoms with van der Waals surface area (Å²) in [5, 5.41) is 3.51. The molecule has 3 atom stereocenters. The van der Waals surface area contributed by atoms with Crippen molar-refractivity contribution in [3.8, 4) is 0 Å². The van der Waals surface area contributed by atoms with Crippen molar-refractivity contribution in [2.75, 3.05) is 6.54 Å². The minimum Gasteiger partial charge on any atom is -0.343 e. The lowest BCUT2D eigenvalue weighted by atomic mass is 9.88. The van der Waals surface area contributed by atoms with Crippen LogP contribution in [0.15, 0.2) is 0 Å². The van der Waals surface area contributed by atoms with Gasteiger partial charge in [-0.3, -0.25) is 4.79 Å². The number of rotatable bonds is 1. The first kappa shape index (κ1) is 15.1. The summed E-state index contributed by atoms with van der Waals surface area (Å²) in [6, 6.07) is -3.78. The van der Waals surface area contributed by atoms with E-state index in [1.165, 1.54) is 12.2 Å². The predicted molar refractivity (Wildman–Crippen MR) is 49.6 cm³/mol. The number of carbonyl (C=O) groups excluding carboxylic acids is 1. The third-order valence-corrected chi connectivity index (χ3v) is 2.84. The molecule has 1 aliphatic rings. The summed E-state index contributed by atoms with van der Waals surface area (Å²) in [7, 11) is 0. The van der Waals surface area contributed by atoms with Crippen molar-refractivity contribution in [2.45, 2.75) is 37.8 Å². The fraction of sp³-hybridized carbons (Fsp3) is 0.889. The van der Waals surface area contributed by atoms with Gasteiger partial charge in [-0.25, -0.2) is 0 Å². The van der Waals surface area contributed by atoms with E-state index in [9.17, 15) is 31.1 Å². The van der Waals surface area contributed by atoms with Crippen LogP contribution >= 0.6 is 0 Å². The van der Waals surface area contributed by atoms with E-state index in [1.807, 2.05) is 0 Å². The Morgan fingerprint density at radius 3 is 2.22 bits per heavy atom. The van der Waals surface area contributed by atoms with Crippen molar-refractivity contribution in [3.63, 3.8) is 0 Å². The van der Waals surface area contributed by atoms with E-state index in [0.29, 0.717) is 0 Å². The monoisotopic (exact) mass is 278 g/mol. The summed E-state index contributed by atoms with van der Waals surface area (Å²) >= 11 is 0. The molecule has 1 heterocycles. The van der Waals surface area contributed by atoms with Gasteiger partial charge in [-0.2, -0.15) is 26.3 Å². The van der Waals surface area contributed by atoms with Crippen LogP contribution in [0.5, 0.6) is 0 Å². The Hall–Kier alpha value is -0.990. The Labute approximate surface area is 98.9 Å². The Morgan fingerprint density at radius 2 is 1.78 bits per heavy atom. The lowest BCUT2D eigenvalue weighted by Gasteiger charge is -2.38. The zero-order valence-electron chi connectivity index (χ0n) is 9.32. The third kappa shape index (κ3) is 3.50. The number of amides is 1. The van der Waals surface area contributed by atoms with Gasteiger partial charge in [-0.1, -0.05) is 6.92 Å². The zero-order chi connectivity index (χ0) is 14.1. The van der Waals surface area contributed by atoms with Gasteiger partial charge in [0.15, 0.2) is 0 Å². The van der Waals surface area contributed by atoms with Gasteiger partial charge in [-0.15, -0.1) is 0 Å². The smallest absolute Gasteiger partial charge is 0.343 e. The van der Waals surface area contributed by atoms with Crippen LogP contribution in [0.3, 0.4) is 0 Å². The maximum absolute atomic E-state index is 12.6. The molecule has 0 aromatic rings. The number of piperidine rings is 1. The summed E-state index contributed by atoms with van der Waals surface area (Å²) in [4.78, 5) is 10.7. The highest BCUT2D eigenvalue weighted by atomic mass is 19.4. The SMILES string of the molecule is CC1CCNC(C(F)(F)F)C1NC(=O)C(F)(F)F. The molecule has 3 nitrogen and oxygen atoms in total. The summed E-state index contributed by atoms with van der Waals surface area (Å²) in [6.45, 7) is 1.42. The normalized spacial score (nSPS) is 30.1. The molecule has 2 N–H and O–H groups in total. The fourth-order valence-electron chi connectivity index (χ4n) is 1.88. The Kier molecular flexibility index (Phi) is 4.14. The van der Waals surface area contributed by atoms with E-state index in [2.05, 4.69) is 5.32 Å². The van der Waals surface area contributed by atoms with Crippen LogP contribution < -0.4 is 10.6 Å². The second-order valence-electron chi connectivity index (χ2n) is 4.24. The van der Waals surface area contributed by atoms with Gasteiger partial charge < -0.3 is 10.6 Å². The van der Waals surface area contributed by atoms with Gasteiger partial charge >= 0.3 is 18.3 Å². The molecule has 3 unspecified atom stereocenters. The van der Waals surface area contributed by atoms with Crippen molar-refractivity contribution < 1.29 is 31.1 Å². The molecule has 0 aromatic carbocycles. The van der Waals surface area contributed by atoms with Gasteiger partial charge in [0, 0.05) is 0 Å². The second kappa shape index (κ2) is 4.94. The predicted octanol–water partition coefficient (Wildman–Crippen LogP) is 1.59. The maximum Gasteiger partial charge on any atom is 0.471 e. The first-order valence-corrected chi connectivity index (χ1v) is 5.21. The number of halogens is 6. The van der Waals surface area contributed by atoms with E-state index in [1.54, 1.807) is 0 Å². The molecule has 106 valence electrons. The van der Waals surface area contributed by atoms with Crippen LogP contribution in [0, 0.1) is 5.92 Å². The largest absolute Gasteiger partial charge is 0.471 e. The molecule has 0 bridgehead atoms. The Balaban J connectivity index is 2.83. The van der Waals surface area contributed by atoms with Gasteiger partial charge in [0.05, 0.1) is 6.04 Å². The third-order valence-electron chi connectivity index (χ3n) is 2.84. The minimum absolute atomic E-state index is 0.0454. The molecule has 1 saturated heterocycles. The van der Waals surface area contributed by atoms with Crippen molar-refractivity contribution >= 4 is 5.91 Å². The summed E-state index contributed by atoms with van der Waals surface area (Å²) in [6.07, 6.45) is -9.64. The van der Waals surface area contributed by atoms with E-state index in [4.69, 9.17) is 0 Å². The number of nitrogens with one attached hydrogen (secondary N) is 2. The molecule has 0 aromatic heterocycles. The molecule has 1 rings (SSSR count). The van der Waals surface area contributed by atoms with Gasteiger partial charge in [0.1, 0.15) is 6.04 Å². The Morgan fingerprint density at radius 1 is 1.22 bits per heavy atom. The summed E-state index contributed by atoms with van der Waals surface area (Å²) in [5.41, 5.74) is 0. The van der Waals surface area contributed by atoms with Crippen LogP contribution in [0.1, 0.15) is 13.3 Å². The van der Waals surface area contributed by atoms with Crippen LogP contribution in [0.4, 0.5) is 26.3 Å². The zero-order valence-corrected chi connectivity index (χ0v) is 9.32. The molecule has 9 heteroatoms. The number of carbonyl (C=O) groups is 1. The summed E-state index contributed by atoms with van der Waals surface area (Å²) in [5.74, 6) is -3.04. The standard InChI is InChI=1S/C9H12F6N2O/c1-4-2-3-16-6(8(10,11)12)5(4)17-7(18)9(13,14)15/h4-6,16H,2-3H2,1H3,(H,17,18). The molecule has 0 radical (unpaired) electrons. The average molecular weight is 278 g/mol. The van der Waals surface area contributed by atoms with Crippen LogP contribution in [-0.2, 0) is 4.79 Å². The molecule has 1 aliphatic heterocycles. The highest BCUT2D eigenvalue weighted by molar-refractivity contribution is 5.82. The highest BCUT2D eigenvalue weighted by Crippen LogP contribution is 2.30. The lowest BCUT2D eigenvalue weighted by molar-refractivity contribution is -0.184. The molecule has 0 aliphatic carbocycles. The highest BCUT2D eigenvalue weighted by Gasteiger charge is 2.50. The lowest BCUT2D eigenvalue weighted by Crippen LogP contribution is -2.64. The fourth-order valence-corrected chi connectivity index (χ4v) is 1.88. The molecular weight excluding hydrogens is 266 g/mol. The van der Waals surface area contributed by atoms with Crippen molar-refractivity contribution in [2.24, 2.45) is 5.92 Å². The van der Waals surface area contributed by atoms with Crippen molar-refractivity contribution in [1.82, 2.24) is 10.6 Å². The van der Waals surface area contributed by atoms with Gasteiger partial charge in [0.25, 0.3) is 0 Å². The number of hydrogen-bond acceptors (Lipinski definition) is 2. The number of hydrogen-bond donors (Lipinski definition) is 2. The van der Waals surface area contributed by atoms with E-state index in [-0.39, 0.29) is 13.0 Å². The van der Waals surface area contributed by atoms with Crippen LogP contribution in [0.25, 0.3) is 0 Å². The average Bonchev–Trinajstić information content (AvgIpc) is 2.17. The molecule has 18 heavy (non-hydrogen) atoms. The second-order valence-corrected chi connectivity index (χ2v) is 4.24. The molecule has 1 fully saturated rings. The molecule has 0 saturated carbocycles. The molecular formula is C9H12F6N2O. The van der Waals surface area contributed by atoms with Crippen molar-refractivity contribution in [1.29, 1.82) is 0 Å². The first-order chi connectivity index (χ1) is 8.03. The van der Waals surface area contributed by atoms with Gasteiger partial charge in [0.2, 0.25) is 0 Å². The van der Waals surface area contributed by atoms with Crippen LogP contribution in [0.2, 0.25) is 0 Å². The van der Waals surface area contributed by atoms with Gasteiger partial charge in [-0.05, 0) is 18.9 Å². The van der Waals surface area contributed by atoms with Crippen LogP contribution in [-0.4, -0.2) is 36.9 Å². The maximum atomic E-state index is 12.6. The van der Waals surface area contributed by atoms with E-state index < -0.39 is 36.3 Å².